The molecular formula is C25H22N4O6. The van der Waals surface area contributed by atoms with Gasteiger partial charge in [0.2, 0.25) is 5.91 Å². The number of benzene rings is 3. The maximum absolute atomic E-state index is 13.9. The molecule has 10 nitrogen and oxygen atoms in total. The molecule has 0 aromatic heterocycles. The molecule has 0 bridgehead atoms. The lowest BCUT2D eigenvalue weighted by Gasteiger charge is -2.43. The summed E-state index contributed by atoms with van der Waals surface area (Å²) in [6.07, 6.45) is 0.397. The summed E-state index contributed by atoms with van der Waals surface area (Å²) in [4.78, 5) is 50.8. The molecular weight excluding hydrogens is 452 g/mol. The summed E-state index contributed by atoms with van der Waals surface area (Å²) in [6, 6.07) is 18.2. The summed E-state index contributed by atoms with van der Waals surface area (Å²) < 4.78 is 0. The van der Waals surface area contributed by atoms with Crippen molar-refractivity contribution < 1.29 is 19.4 Å². The molecule has 1 aliphatic rings. The fraction of sp³-hybridized carbons (Fsp3) is 0.200. The van der Waals surface area contributed by atoms with Crippen molar-refractivity contribution in [3.05, 3.63) is 104 Å². The van der Waals surface area contributed by atoms with Crippen LogP contribution in [0, 0.1) is 20.2 Å². The van der Waals surface area contributed by atoms with Gasteiger partial charge >= 0.3 is 0 Å². The van der Waals surface area contributed by atoms with Crippen LogP contribution in [0.3, 0.4) is 0 Å². The number of anilines is 2. The van der Waals surface area contributed by atoms with Crippen molar-refractivity contribution >= 4 is 34.6 Å². The van der Waals surface area contributed by atoms with Crippen molar-refractivity contribution in [3.8, 4) is 0 Å². The van der Waals surface area contributed by atoms with Crippen molar-refractivity contribution in [2.45, 2.75) is 32.4 Å². The second kappa shape index (κ2) is 9.34. The molecule has 0 saturated carbocycles. The molecule has 0 spiro atoms. The highest BCUT2D eigenvalue weighted by atomic mass is 16.6. The van der Waals surface area contributed by atoms with E-state index in [1.807, 2.05) is 31.2 Å². The Bertz CT molecular complexity index is 1290. The molecule has 0 radical (unpaired) electrons. The van der Waals surface area contributed by atoms with Crippen LogP contribution < -0.4 is 9.80 Å². The maximum Gasteiger partial charge on any atom is 0.277 e. The molecule has 2 amide bonds. The van der Waals surface area contributed by atoms with E-state index in [1.165, 1.54) is 11.8 Å². The molecule has 178 valence electrons. The predicted molar refractivity (Wildman–Crippen MR) is 129 cm³/mol. The molecule has 3 aromatic rings. The first-order valence-electron chi connectivity index (χ1n) is 10.9. The average molecular weight is 474 g/mol. The Labute approximate surface area is 200 Å². The summed E-state index contributed by atoms with van der Waals surface area (Å²) in [6.45, 7) is 3.37. The first-order valence-corrected chi connectivity index (χ1v) is 10.9. The van der Waals surface area contributed by atoms with Crippen LogP contribution in [0.2, 0.25) is 0 Å². The zero-order chi connectivity index (χ0) is 25.3. The van der Waals surface area contributed by atoms with E-state index < -0.39 is 33.2 Å². The molecule has 0 saturated heterocycles. The van der Waals surface area contributed by atoms with Crippen molar-refractivity contribution in [1.82, 2.24) is 0 Å². The van der Waals surface area contributed by atoms with Gasteiger partial charge in [-0.25, -0.2) is 0 Å². The number of nitrogens with zero attached hydrogens (tertiary/aromatic N) is 4. The van der Waals surface area contributed by atoms with Crippen LogP contribution in [0.15, 0.2) is 72.8 Å². The minimum absolute atomic E-state index is 0.129. The van der Waals surface area contributed by atoms with Crippen molar-refractivity contribution in [1.29, 1.82) is 0 Å². The van der Waals surface area contributed by atoms with Crippen molar-refractivity contribution in [3.63, 3.8) is 0 Å². The Balaban J connectivity index is 1.90. The van der Waals surface area contributed by atoms with E-state index in [0.717, 1.165) is 23.8 Å². The Morgan fingerprint density at radius 3 is 2.06 bits per heavy atom. The van der Waals surface area contributed by atoms with Gasteiger partial charge in [0.05, 0.1) is 27.5 Å². The predicted octanol–water partition coefficient (Wildman–Crippen LogP) is 5.04. The SMILES string of the molecule is CC(=O)N1c2ccccc2[C@H](N(C(=O)c2cc([N+](=O)[O-])cc([N+](=O)[O-])c2)c2ccccc2)C[C@@H]1C. The van der Waals surface area contributed by atoms with E-state index in [0.29, 0.717) is 17.8 Å². The van der Waals surface area contributed by atoms with Crippen LogP contribution in [0.1, 0.15) is 42.2 Å². The highest BCUT2D eigenvalue weighted by molar-refractivity contribution is 6.08. The number of hydrogen-bond donors (Lipinski definition) is 0. The molecule has 0 N–H and O–H groups in total. The quantitative estimate of drug-likeness (QED) is 0.377. The van der Waals surface area contributed by atoms with Crippen LogP contribution in [0.4, 0.5) is 22.7 Å². The molecule has 10 heteroatoms. The third-order valence-electron chi connectivity index (χ3n) is 6.04. The summed E-state index contributed by atoms with van der Waals surface area (Å²) in [5, 5.41) is 22.8. The molecule has 35 heavy (non-hydrogen) atoms. The van der Waals surface area contributed by atoms with Gasteiger partial charge in [-0.15, -0.1) is 0 Å². The topological polar surface area (TPSA) is 127 Å². The second-order valence-electron chi connectivity index (χ2n) is 8.31. The highest BCUT2D eigenvalue weighted by Crippen LogP contribution is 2.43. The van der Waals surface area contributed by atoms with E-state index in [-0.39, 0.29) is 17.5 Å². The first kappa shape index (κ1) is 23.6. The third-order valence-corrected chi connectivity index (χ3v) is 6.04. The molecule has 0 unspecified atom stereocenters. The number of nitro benzene ring substituents is 2. The van der Waals surface area contributed by atoms with Gasteiger partial charge in [0, 0.05) is 36.5 Å². The lowest BCUT2D eigenvalue weighted by Crippen LogP contribution is -2.47. The van der Waals surface area contributed by atoms with E-state index >= 15 is 0 Å². The summed E-state index contributed by atoms with van der Waals surface area (Å²) in [7, 11) is 0. The van der Waals surface area contributed by atoms with Gasteiger partial charge in [0.1, 0.15) is 0 Å². The van der Waals surface area contributed by atoms with E-state index in [2.05, 4.69) is 0 Å². The summed E-state index contributed by atoms with van der Waals surface area (Å²) >= 11 is 0. The van der Waals surface area contributed by atoms with Crippen molar-refractivity contribution in [2.75, 3.05) is 9.80 Å². The van der Waals surface area contributed by atoms with Crippen LogP contribution in [0.5, 0.6) is 0 Å². The zero-order valence-corrected chi connectivity index (χ0v) is 19.0. The molecule has 1 aliphatic heterocycles. The number of carbonyl (C=O) groups excluding carboxylic acids is 2. The lowest BCUT2D eigenvalue weighted by molar-refractivity contribution is -0.394. The largest absolute Gasteiger partial charge is 0.309 e. The molecule has 4 rings (SSSR count). The summed E-state index contributed by atoms with van der Waals surface area (Å²) in [5.74, 6) is -0.749. The van der Waals surface area contributed by atoms with Gasteiger partial charge < -0.3 is 9.80 Å². The minimum Gasteiger partial charge on any atom is -0.309 e. The van der Waals surface area contributed by atoms with Crippen LogP contribution in [-0.4, -0.2) is 27.7 Å². The zero-order valence-electron chi connectivity index (χ0n) is 19.0. The minimum atomic E-state index is -0.765. The third kappa shape index (κ3) is 4.45. The number of carbonyl (C=O) groups is 2. The van der Waals surface area contributed by atoms with E-state index in [1.54, 1.807) is 35.2 Å². The number of amides is 2. The monoisotopic (exact) mass is 474 g/mol. The molecule has 1 heterocycles. The van der Waals surface area contributed by atoms with E-state index in [9.17, 15) is 29.8 Å². The lowest BCUT2D eigenvalue weighted by atomic mass is 9.89. The van der Waals surface area contributed by atoms with Crippen LogP contribution in [0.25, 0.3) is 0 Å². The van der Waals surface area contributed by atoms with Crippen LogP contribution >= 0.6 is 0 Å². The second-order valence-corrected chi connectivity index (χ2v) is 8.31. The fourth-order valence-electron chi connectivity index (χ4n) is 4.60. The molecule has 3 aromatic carbocycles. The van der Waals surface area contributed by atoms with Gasteiger partial charge in [-0.05, 0) is 37.1 Å². The fourth-order valence-corrected chi connectivity index (χ4v) is 4.60. The number of para-hydroxylation sites is 2. The van der Waals surface area contributed by atoms with Gasteiger partial charge in [-0.1, -0.05) is 36.4 Å². The molecule has 0 aliphatic carbocycles. The average Bonchev–Trinajstić information content (AvgIpc) is 2.84. The normalized spacial score (nSPS) is 16.8. The first-order chi connectivity index (χ1) is 16.7. The number of non-ortho nitro benzene ring substituents is 2. The smallest absolute Gasteiger partial charge is 0.277 e. The Kier molecular flexibility index (Phi) is 6.28. The maximum atomic E-state index is 13.9. The Morgan fingerprint density at radius 1 is 0.914 bits per heavy atom. The molecule has 2 atom stereocenters. The van der Waals surface area contributed by atoms with Gasteiger partial charge in [0.15, 0.2) is 0 Å². The number of fused-ring (bicyclic) bond motifs is 1. The number of nitro groups is 2. The van der Waals surface area contributed by atoms with E-state index in [4.69, 9.17) is 0 Å². The van der Waals surface area contributed by atoms with Crippen molar-refractivity contribution in [2.24, 2.45) is 0 Å². The number of rotatable bonds is 5. The Hall–Kier alpha value is -4.60. The van der Waals surface area contributed by atoms with Gasteiger partial charge in [-0.2, -0.15) is 0 Å². The standard InChI is InChI=1S/C25H22N4O6/c1-16-12-24(22-10-6-7-11-23(22)26(16)17(2)30)27(19-8-4-3-5-9-19)25(31)18-13-20(28(32)33)15-21(14-18)29(34)35/h3-11,13-16,24H,12H2,1-2H3/t16-,24+/m0/s1. The Morgan fingerprint density at radius 2 is 1.49 bits per heavy atom. The van der Waals surface area contributed by atoms with Gasteiger partial charge in [0.25, 0.3) is 17.3 Å². The highest BCUT2D eigenvalue weighted by Gasteiger charge is 2.38. The van der Waals surface area contributed by atoms with Gasteiger partial charge in [-0.3, -0.25) is 29.8 Å². The van der Waals surface area contributed by atoms with Crippen LogP contribution in [-0.2, 0) is 4.79 Å². The summed E-state index contributed by atoms with van der Waals surface area (Å²) in [5.41, 5.74) is 0.663. The number of hydrogen-bond acceptors (Lipinski definition) is 6. The molecule has 0 fully saturated rings.